The molecule has 0 aliphatic carbocycles. The van der Waals surface area contributed by atoms with Gasteiger partial charge in [-0.25, -0.2) is 0 Å². The Labute approximate surface area is 63.4 Å². The molecule has 10 heavy (non-hydrogen) atoms. The van der Waals surface area contributed by atoms with Crippen molar-refractivity contribution in [3.8, 4) is 0 Å². The quantitative estimate of drug-likeness (QED) is 0.327. The Morgan fingerprint density at radius 1 is 1.30 bits per heavy atom. The van der Waals surface area contributed by atoms with Gasteiger partial charge in [0.15, 0.2) is 0 Å². The average Bonchev–Trinajstić information content (AvgIpc) is 1.91. The molecule has 0 aromatic rings. The summed E-state index contributed by atoms with van der Waals surface area (Å²) >= 11 is 0. The molecule has 0 aromatic carbocycles. The molecule has 0 fully saturated rings. The number of allylic oxidation sites excluding steroid dienone is 3. The number of hydrogen-bond acceptors (Lipinski definition) is 1. The van der Waals surface area contributed by atoms with Crippen LogP contribution in [0.25, 0.3) is 0 Å². The van der Waals surface area contributed by atoms with Gasteiger partial charge in [0.2, 0.25) is 0 Å². The van der Waals surface area contributed by atoms with Gasteiger partial charge in [0, 0.05) is 5.57 Å². The van der Waals surface area contributed by atoms with E-state index in [9.17, 15) is 4.79 Å². The lowest BCUT2D eigenvalue weighted by Gasteiger charge is -1.84. The molecule has 0 heterocycles. The second-order valence-electron chi connectivity index (χ2n) is 1.91. The maximum absolute atomic E-state index is 9.90. The molecule has 0 unspecified atom stereocenters. The zero-order chi connectivity index (χ0) is 8.57. The average molecular weight is 140 g/mol. The molecule has 0 amide bonds. The molecule has 0 bridgehead atoms. The fraction of sp³-hybridized carbons (Fsp3) is 0.444. The number of aldehydes is 1. The van der Waals surface area contributed by atoms with Crippen molar-refractivity contribution < 1.29 is 4.79 Å². The van der Waals surface area contributed by atoms with Gasteiger partial charge in [-0.15, -0.1) is 0 Å². The van der Waals surface area contributed by atoms with Crippen LogP contribution < -0.4 is 0 Å². The smallest absolute Gasteiger partial charge is 0.149 e. The summed E-state index contributed by atoms with van der Waals surface area (Å²) in [6, 6.07) is 0. The van der Waals surface area contributed by atoms with Gasteiger partial charge < -0.3 is 0 Å². The molecule has 0 saturated carbocycles. The third-order valence-corrected chi connectivity index (χ3v) is 0.625. The van der Waals surface area contributed by atoms with Crippen LogP contribution in [0.15, 0.2) is 23.8 Å². The molecule has 1 heteroatoms. The van der Waals surface area contributed by atoms with Crippen LogP contribution in [0.4, 0.5) is 0 Å². The molecule has 0 N–H and O–H groups in total. The van der Waals surface area contributed by atoms with Crippen molar-refractivity contribution in [2.45, 2.75) is 27.7 Å². The van der Waals surface area contributed by atoms with Crippen molar-refractivity contribution in [3.05, 3.63) is 23.8 Å². The third-order valence-electron chi connectivity index (χ3n) is 0.625. The van der Waals surface area contributed by atoms with Crippen molar-refractivity contribution in [1.29, 1.82) is 0 Å². The van der Waals surface area contributed by atoms with Crippen LogP contribution in [0.2, 0.25) is 0 Å². The highest BCUT2D eigenvalue weighted by Crippen LogP contribution is 1.93. The van der Waals surface area contributed by atoms with Crippen LogP contribution >= 0.6 is 0 Å². The second kappa shape index (κ2) is 8.15. The first-order valence-electron chi connectivity index (χ1n) is 3.46. The SMILES string of the molecule is C=C(C=O)C=C(C)C.CC. The van der Waals surface area contributed by atoms with E-state index < -0.39 is 0 Å². The lowest BCUT2D eigenvalue weighted by atomic mass is 10.2. The Morgan fingerprint density at radius 2 is 1.70 bits per heavy atom. The Hall–Kier alpha value is -0.850. The minimum atomic E-state index is 0.532. The third kappa shape index (κ3) is 10.2. The highest BCUT2D eigenvalue weighted by molar-refractivity contribution is 5.76. The van der Waals surface area contributed by atoms with E-state index >= 15 is 0 Å². The van der Waals surface area contributed by atoms with Crippen molar-refractivity contribution >= 4 is 6.29 Å². The Balaban J connectivity index is 0. The molecule has 0 rings (SSSR count). The minimum absolute atomic E-state index is 0.532. The molecule has 58 valence electrons. The highest BCUT2D eigenvalue weighted by Gasteiger charge is 1.80. The lowest BCUT2D eigenvalue weighted by Crippen LogP contribution is -1.74. The molecule has 0 radical (unpaired) electrons. The van der Waals surface area contributed by atoms with Gasteiger partial charge >= 0.3 is 0 Å². The maximum atomic E-state index is 9.90. The van der Waals surface area contributed by atoms with Crippen LogP contribution in [0.3, 0.4) is 0 Å². The van der Waals surface area contributed by atoms with E-state index in [0.717, 1.165) is 11.9 Å². The van der Waals surface area contributed by atoms with Gasteiger partial charge in [0.05, 0.1) is 0 Å². The number of hydrogen-bond donors (Lipinski definition) is 0. The molecule has 0 aromatic heterocycles. The summed E-state index contributed by atoms with van der Waals surface area (Å²) in [5, 5.41) is 0. The predicted molar refractivity (Wildman–Crippen MR) is 46.0 cm³/mol. The van der Waals surface area contributed by atoms with Gasteiger partial charge in [-0.1, -0.05) is 32.1 Å². The zero-order valence-electron chi connectivity index (χ0n) is 7.27. The fourth-order valence-electron chi connectivity index (χ4n) is 0.405. The van der Waals surface area contributed by atoms with Crippen molar-refractivity contribution in [2.24, 2.45) is 0 Å². The lowest BCUT2D eigenvalue weighted by molar-refractivity contribution is -0.104. The van der Waals surface area contributed by atoms with E-state index in [1.54, 1.807) is 6.08 Å². The van der Waals surface area contributed by atoms with Crippen LogP contribution in [0.1, 0.15) is 27.7 Å². The Morgan fingerprint density at radius 3 is 1.80 bits per heavy atom. The predicted octanol–water partition coefficient (Wildman–Crippen LogP) is 2.73. The van der Waals surface area contributed by atoms with E-state index in [0.29, 0.717) is 5.57 Å². The minimum Gasteiger partial charge on any atom is -0.298 e. The summed E-state index contributed by atoms with van der Waals surface area (Å²) in [6.07, 6.45) is 2.49. The molecule has 0 atom stereocenters. The summed E-state index contributed by atoms with van der Waals surface area (Å²) in [6.45, 7) is 11.3. The molecular weight excluding hydrogens is 124 g/mol. The largest absolute Gasteiger partial charge is 0.298 e. The first-order valence-corrected chi connectivity index (χ1v) is 3.46. The number of carbonyl (C=O) groups is 1. The number of carbonyl (C=O) groups excluding carboxylic acids is 1. The summed E-state index contributed by atoms with van der Waals surface area (Å²) in [4.78, 5) is 9.90. The normalized spacial score (nSPS) is 6.80. The van der Waals surface area contributed by atoms with E-state index in [2.05, 4.69) is 6.58 Å². The standard InChI is InChI=1S/C7H10O.C2H6/c1-6(2)4-7(3)5-8;1-2/h4-5H,3H2,1-2H3;1-2H3. The fourth-order valence-corrected chi connectivity index (χ4v) is 0.405. The van der Waals surface area contributed by atoms with E-state index in [1.165, 1.54) is 0 Å². The summed E-state index contributed by atoms with van der Waals surface area (Å²) in [7, 11) is 0. The van der Waals surface area contributed by atoms with Gasteiger partial charge in [-0.05, 0) is 13.8 Å². The van der Waals surface area contributed by atoms with Crippen molar-refractivity contribution in [3.63, 3.8) is 0 Å². The number of rotatable bonds is 2. The van der Waals surface area contributed by atoms with E-state index in [4.69, 9.17) is 0 Å². The maximum Gasteiger partial charge on any atom is 0.149 e. The second-order valence-corrected chi connectivity index (χ2v) is 1.91. The Kier molecular flexibility index (Phi) is 9.69. The van der Waals surface area contributed by atoms with Gasteiger partial charge in [-0.3, -0.25) is 4.79 Å². The molecule has 0 saturated heterocycles. The molecule has 0 spiro atoms. The summed E-state index contributed by atoms with van der Waals surface area (Å²) < 4.78 is 0. The van der Waals surface area contributed by atoms with E-state index in [-0.39, 0.29) is 0 Å². The monoisotopic (exact) mass is 140 g/mol. The van der Waals surface area contributed by atoms with Gasteiger partial charge in [-0.2, -0.15) is 0 Å². The van der Waals surface area contributed by atoms with Gasteiger partial charge in [0.1, 0.15) is 6.29 Å². The summed E-state index contributed by atoms with van der Waals surface area (Å²) in [5.74, 6) is 0. The van der Waals surface area contributed by atoms with E-state index in [1.807, 2.05) is 27.7 Å². The van der Waals surface area contributed by atoms with Crippen molar-refractivity contribution in [1.82, 2.24) is 0 Å². The first-order chi connectivity index (χ1) is 4.66. The Bertz CT molecular complexity index is 128. The zero-order valence-corrected chi connectivity index (χ0v) is 7.27. The topological polar surface area (TPSA) is 17.1 Å². The summed E-state index contributed by atoms with van der Waals surface area (Å²) in [5.41, 5.74) is 1.63. The van der Waals surface area contributed by atoms with Crippen LogP contribution in [-0.2, 0) is 4.79 Å². The molecular formula is C9H16O. The molecule has 1 nitrogen and oxygen atoms in total. The molecule has 0 aliphatic rings. The van der Waals surface area contributed by atoms with Gasteiger partial charge in [0.25, 0.3) is 0 Å². The first kappa shape index (κ1) is 11.9. The van der Waals surface area contributed by atoms with Crippen molar-refractivity contribution in [2.75, 3.05) is 0 Å². The van der Waals surface area contributed by atoms with Crippen LogP contribution in [0, 0.1) is 0 Å². The van der Waals surface area contributed by atoms with Crippen LogP contribution in [0.5, 0.6) is 0 Å². The van der Waals surface area contributed by atoms with Crippen LogP contribution in [-0.4, -0.2) is 6.29 Å². The molecule has 0 aliphatic heterocycles. The highest BCUT2D eigenvalue weighted by atomic mass is 16.1.